The third-order valence-electron chi connectivity index (χ3n) is 4.02. The van der Waals surface area contributed by atoms with Gasteiger partial charge in [0.15, 0.2) is 0 Å². The van der Waals surface area contributed by atoms with E-state index in [1.165, 1.54) is 0 Å². The quantitative estimate of drug-likeness (QED) is 0.868. The molecule has 1 aromatic carbocycles. The number of carboxylic acid groups (broad SMARTS) is 1. The van der Waals surface area contributed by atoms with Crippen LogP contribution in [0.2, 0.25) is 0 Å². The topological polar surface area (TPSA) is 66.4 Å². The van der Waals surface area contributed by atoms with Gasteiger partial charge in [-0.2, -0.15) is 0 Å². The summed E-state index contributed by atoms with van der Waals surface area (Å²) in [6.07, 6.45) is 1.88. The minimum atomic E-state index is -0.748. The number of anilines is 1. The molecule has 4 nitrogen and oxygen atoms in total. The van der Waals surface area contributed by atoms with Crippen molar-refractivity contribution in [2.24, 2.45) is 5.92 Å². The number of carbonyl (C=O) groups excluding carboxylic acids is 1. The first-order valence-electron chi connectivity index (χ1n) is 6.97. The number of carboxylic acids is 1. The highest BCUT2D eigenvalue weighted by atomic mass is 16.4. The molecule has 0 aromatic heterocycles. The zero-order valence-electron chi connectivity index (χ0n) is 12.2. The van der Waals surface area contributed by atoms with Crippen LogP contribution in [0.4, 0.5) is 5.69 Å². The fraction of sp³-hybridized carbons (Fsp3) is 0.500. The Bertz CT molecular complexity index is 549. The van der Waals surface area contributed by atoms with Crippen molar-refractivity contribution in [1.29, 1.82) is 0 Å². The second kappa shape index (κ2) is 5.27. The Labute approximate surface area is 119 Å². The standard InChI is InChI=1S/C16H21NO3/c1-10(8-14(18)19)4-5-11-6-7-13-12(9-11)16(2,3)15(20)17-13/h6-7,9-10H,4-5,8H2,1-3H3,(H,17,20)(H,18,19). The van der Waals surface area contributed by atoms with E-state index in [4.69, 9.17) is 5.11 Å². The number of carbonyl (C=O) groups is 2. The van der Waals surface area contributed by atoms with E-state index in [0.29, 0.717) is 0 Å². The Morgan fingerprint density at radius 2 is 2.10 bits per heavy atom. The number of nitrogens with one attached hydrogen (secondary N) is 1. The summed E-state index contributed by atoms with van der Waals surface area (Å²) in [6.45, 7) is 5.80. The van der Waals surface area contributed by atoms with E-state index in [2.05, 4.69) is 11.4 Å². The van der Waals surface area contributed by atoms with Gasteiger partial charge in [0.05, 0.1) is 5.41 Å². The first-order valence-corrected chi connectivity index (χ1v) is 6.97. The first-order chi connectivity index (χ1) is 9.30. The van der Waals surface area contributed by atoms with E-state index >= 15 is 0 Å². The van der Waals surface area contributed by atoms with Gasteiger partial charge in [0.1, 0.15) is 0 Å². The van der Waals surface area contributed by atoms with Crippen LogP contribution < -0.4 is 5.32 Å². The summed E-state index contributed by atoms with van der Waals surface area (Å²) in [4.78, 5) is 22.5. The molecule has 0 saturated carbocycles. The molecular weight excluding hydrogens is 254 g/mol. The summed E-state index contributed by atoms with van der Waals surface area (Å²) in [5.41, 5.74) is 2.59. The van der Waals surface area contributed by atoms with Crippen molar-refractivity contribution in [2.75, 3.05) is 5.32 Å². The molecule has 20 heavy (non-hydrogen) atoms. The molecule has 1 aliphatic heterocycles. The van der Waals surface area contributed by atoms with Crippen LogP contribution in [0.3, 0.4) is 0 Å². The summed E-state index contributed by atoms with van der Waals surface area (Å²) in [5, 5.41) is 11.6. The smallest absolute Gasteiger partial charge is 0.303 e. The number of aliphatic carboxylic acids is 1. The number of aryl methyl sites for hydroxylation is 1. The highest BCUT2D eigenvalue weighted by molar-refractivity contribution is 6.05. The highest BCUT2D eigenvalue weighted by Crippen LogP contribution is 2.37. The lowest BCUT2D eigenvalue weighted by molar-refractivity contribution is -0.138. The molecule has 0 bridgehead atoms. The van der Waals surface area contributed by atoms with Gasteiger partial charge < -0.3 is 10.4 Å². The van der Waals surface area contributed by atoms with Crippen LogP contribution in [0.5, 0.6) is 0 Å². The summed E-state index contributed by atoms with van der Waals surface area (Å²) >= 11 is 0. The van der Waals surface area contributed by atoms with Crippen molar-refractivity contribution >= 4 is 17.6 Å². The number of fused-ring (bicyclic) bond motifs is 1. The normalized spacial score (nSPS) is 17.4. The van der Waals surface area contributed by atoms with E-state index in [1.54, 1.807) is 0 Å². The fourth-order valence-electron chi connectivity index (χ4n) is 2.59. The molecule has 4 heteroatoms. The van der Waals surface area contributed by atoms with E-state index in [9.17, 15) is 9.59 Å². The Kier molecular flexibility index (Phi) is 3.84. The van der Waals surface area contributed by atoms with Gasteiger partial charge in [0.25, 0.3) is 0 Å². The summed E-state index contributed by atoms with van der Waals surface area (Å²) in [6, 6.07) is 6.02. The minimum absolute atomic E-state index is 0.0314. The van der Waals surface area contributed by atoms with Crippen LogP contribution in [0, 0.1) is 5.92 Å². The molecular formula is C16H21NO3. The van der Waals surface area contributed by atoms with E-state index in [-0.39, 0.29) is 18.2 Å². The molecule has 2 N–H and O–H groups in total. The van der Waals surface area contributed by atoms with Crippen molar-refractivity contribution in [3.63, 3.8) is 0 Å². The van der Waals surface area contributed by atoms with E-state index < -0.39 is 11.4 Å². The highest BCUT2D eigenvalue weighted by Gasteiger charge is 2.38. The number of hydrogen-bond acceptors (Lipinski definition) is 2. The van der Waals surface area contributed by atoms with Crippen molar-refractivity contribution in [3.05, 3.63) is 29.3 Å². The average Bonchev–Trinajstić information content (AvgIpc) is 2.57. The lowest BCUT2D eigenvalue weighted by Gasteiger charge is -2.16. The summed E-state index contributed by atoms with van der Waals surface area (Å²) in [5.74, 6) is -0.556. The molecule has 1 unspecified atom stereocenters. The lowest BCUT2D eigenvalue weighted by atomic mass is 9.84. The Hall–Kier alpha value is -1.84. The van der Waals surface area contributed by atoms with Gasteiger partial charge in [-0.1, -0.05) is 19.1 Å². The summed E-state index contributed by atoms with van der Waals surface area (Å²) in [7, 11) is 0. The van der Waals surface area contributed by atoms with E-state index in [1.807, 2.05) is 32.9 Å². The van der Waals surface area contributed by atoms with Crippen LogP contribution >= 0.6 is 0 Å². The van der Waals surface area contributed by atoms with Crippen LogP contribution in [0.25, 0.3) is 0 Å². The summed E-state index contributed by atoms with van der Waals surface area (Å²) < 4.78 is 0. The number of rotatable bonds is 5. The van der Waals surface area contributed by atoms with Crippen LogP contribution in [0.15, 0.2) is 18.2 Å². The molecule has 108 valence electrons. The van der Waals surface area contributed by atoms with Gasteiger partial charge in [0.2, 0.25) is 5.91 Å². The third kappa shape index (κ3) is 2.84. The van der Waals surface area contributed by atoms with Gasteiger partial charge >= 0.3 is 5.97 Å². The molecule has 1 aliphatic rings. The lowest BCUT2D eigenvalue weighted by Crippen LogP contribution is -2.26. The van der Waals surface area contributed by atoms with Gasteiger partial charge in [-0.05, 0) is 49.8 Å². The second-order valence-electron chi connectivity index (χ2n) is 6.20. The van der Waals surface area contributed by atoms with E-state index in [0.717, 1.165) is 29.7 Å². The van der Waals surface area contributed by atoms with Gasteiger partial charge in [-0.15, -0.1) is 0 Å². The number of benzene rings is 1. The predicted octanol–water partition coefficient (Wildman–Crippen LogP) is 2.96. The Morgan fingerprint density at radius 3 is 2.75 bits per heavy atom. The maximum atomic E-state index is 11.9. The Balaban J connectivity index is 2.08. The molecule has 1 aromatic rings. The molecule has 1 amide bonds. The molecule has 1 atom stereocenters. The molecule has 2 rings (SSSR count). The molecule has 0 radical (unpaired) electrons. The Morgan fingerprint density at radius 1 is 1.40 bits per heavy atom. The van der Waals surface area contributed by atoms with Crippen molar-refractivity contribution < 1.29 is 14.7 Å². The van der Waals surface area contributed by atoms with Crippen molar-refractivity contribution in [1.82, 2.24) is 0 Å². The third-order valence-corrected chi connectivity index (χ3v) is 4.02. The molecule has 0 saturated heterocycles. The van der Waals surface area contributed by atoms with Gasteiger partial charge in [0, 0.05) is 12.1 Å². The van der Waals surface area contributed by atoms with Crippen LogP contribution in [0.1, 0.15) is 44.7 Å². The minimum Gasteiger partial charge on any atom is -0.481 e. The molecule has 0 spiro atoms. The fourth-order valence-corrected chi connectivity index (χ4v) is 2.59. The molecule has 0 fully saturated rings. The maximum Gasteiger partial charge on any atom is 0.303 e. The molecule has 0 aliphatic carbocycles. The van der Waals surface area contributed by atoms with Crippen molar-refractivity contribution in [3.8, 4) is 0 Å². The van der Waals surface area contributed by atoms with Gasteiger partial charge in [-0.25, -0.2) is 0 Å². The second-order valence-corrected chi connectivity index (χ2v) is 6.20. The average molecular weight is 275 g/mol. The SMILES string of the molecule is CC(CCc1ccc2c(c1)C(C)(C)C(=O)N2)CC(=O)O. The number of hydrogen-bond donors (Lipinski definition) is 2. The van der Waals surface area contributed by atoms with Gasteiger partial charge in [-0.3, -0.25) is 9.59 Å². The van der Waals surface area contributed by atoms with Crippen molar-refractivity contribution in [2.45, 2.75) is 45.4 Å². The zero-order chi connectivity index (χ0) is 14.9. The first kappa shape index (κ1) is 14.6. The zero-order valence-corrected chi connectivity index (χ0v) is 12.2. The number of amides is 1. The monoisotopic (exact) mass is 275 g/mol. The largest absolute Gasteiger partial charge is 0.481 e. The van der Waals surface area contributed by atoms with Crippen LogP contribution in [-0.2, 0) is 21.4 Å². The molecule has 1 heterocycles. The predicted molar refractivity (Wildman–Crippen MR) is 77.8 cm³/mol. The maximum absolute atomic E-state index is 11.9. The van der Waals surface area contributed by atoms with Crippen LogP contribution in [-0.4, -0.2) is 17.0 Å².